The maximum Gasteiger partial charge on any atom is 0.242 e. The molecule has 0 bridgehead atoms. The predicted octanol–water partition coefficient (Wildman–Crippen LogP) is 2.30. The average Bonchev–Trinajstić information content (AvgIpc) is 2.98. The highest BCUT2D eigenvalue weighted by Crippen LogP contribution is 2.27. The van der Waals surface area contributed by atoms with Crippen LogP contribution in [-0.4, -0.2) is 30.2 Å². The second-order valence-corrected chi connectivity index (χ2v) is 6.70. The molecule has 0 fully saturated rings. The van der Waals surface area contributed by atoms with Gasteiger partial charge in [0.15, 0.2) is 0 Å². The molecule has 0 spiro atoms. The Kier molecular flexibility index (Phi) is 6.31. The molecule has 2 rings (SSSR count). The van der Waals surface area contributed by atoms with Crippen LogP contribution in [0.1, 0.15) is 37.8 Å². The molecular formula is C17H24N2O2S. The second-order valence-electron chi connectivity index (χ2n) is 5.65. The number of nitrogens with one attached hydrogen (secondary N) is 2. The van der Waals surface area contributed by atoms with Crippen LogP contribution in [0.15, 0.2) is 23.1 Å². The van der Waals surface area contributed by atoms with Gasteiger partial charge in [-0.2, -0.15) is 0 Å². The van der Waals surface area contributed by atoms with Gasteiger partial charge in [0.05, 0.1) is 5.75 Å². The number of carbonyl (C=O) groups excluding carboxylic acids is 2. The molecule has 2 N–H and O–H groups in total. The Bertz CT molecular complexity index is 545. The monoisotopic (exact) mass is 320 g/mol. The van der Waals surface area contributed by atoms with E-state index in [-0.39, 0.29) is 11.8 Å². The molecule has 1 aromatic rings. The SMILES string of the molecule is CCCNC(=O)[C@H](C)NC(=O)CSc1ccc2c(c1)CCC2. The first kappa shape index (κ1) is 16.9. The van der Waals surface area contributed by atoms with Crippen molar-refractivity contribution >= 4 is 23.6 Å². The third kappa shape index (κ3) is 4.77. The number of amides is 2. The van der Waals surface area contributed by atoms with E-state index < -0.39 is 6.04 Å². The molecule has 0 saturated heterocycles. The smallest absolute Gasteiger partial charge is 0.242 e. The van der Waals surface area contributed by atoms with Gasteiger partial charge in [-0.15, -0.1) is 11.8 Å². The van der Waals surface area contributed by atoms with Crippen LogP contribution in [0.25, 0.3) is 0 Å². The lowest BCUT2D eigenvalue weighted by Gasteiger charge is -2.13. The quantitative estimate of drug-likeness (QED) is 0.758. The average molecular weight is 320 g/mol. The summed E-state index contributed by atoms with van der Waals surface area (Å²) in [5, 5.41) is 5.52. The van der Waals surface area contributed by atoms with Crippen LogP contribution in [-0.2, 0) is 22.4 Å². The molecule has 1 aliphatic carbocycles. The van der Waals surface area contributed by atoms with E-state index in [1.54, 1.807) is 6.92 Å². The topological polar surface area (TPSA) is 58.2 Å². The lowest BCUT2D eigenvalue weighted by molar-refractivity contribution is -0.127. The van der Waals surface area contributed by atoms with Gasteiger partial charge in [0.1, 0.15) is 6.04 Å². The van der Waals surface area contributed by atoms with E-state index in [2.05, 4.69) is 28.8 Å². The van der Waals surface area contributed by atoms with E-state index in [1.807, 2.05) is 6.92 Å². The molecule has 120 valence electrons. The number of aryl methyl sites for hydroxylation is 2. The van der Waals surface area contributed by atoms with Crippen molar-refractivity contribution < 1.29 is 9.59 Å². The summed E-state index contributed by atoms with van der Waals surface area (Å²) in [7, 11) is 0. The highest BCUT2D eigenvalue weighted by atomic mass is 32.2. The van der Waals surface area contributed by atoms with Crippen molar-refractivity contribution in [1.29, 1.82) is 0 Å². The molecule has 4 nitrogen and oxygen atoms in total. The molecule has 0 saturated carbocycles. The fraction of sp³-hybridized carbons (Fsp3) is 0.529. The fourth-order valence-corrected chi connectivity index (χ4v) is 3.31. The Labute approximate surface area is 136 Å². The third-order valence-electron chi connectivity index (χ3n) is 3.76. The van der Waals surface area contributed by atoms with Crippen molar-refractivity contribution in [3.05, 3.63) is 29.3 Å². The van der Waals surface area contributed by atoms with Crippen molar-refractivity contribution in [3.8, 4) is 0 Å². The number of hydrogen-bond acceptors (Lipinski definition) is 3. The van der Waals surface area contributed by atoms with Gasteiger partial charge in [-0.25, -0.2) is 0 Å². The molecule has 0 aromatic heterocycles. The minimum absolute atomic E-state index is 0.107. The van der Waals surface area contributed by atoms with Gasteiger partial charge >= 0.3 is 0 Å². The number of fused-ring (bicyclic) bond motifs is 1. The summed E-state index contributed by atoms with van der Waals surface area (Å²) in [6.07, 6.45) is 4.44. The normalized spacial score (nSPS) is 14.3. The van der Waals surface area contributed by atoms with Gasteiger partial charge < -0.3 is 10.6 Å². The van der Waals surface area contributed by atoms with Gasteiger partial charge in [0.2, 0.25) is 11.8 Å². The van der Waals surface area contributed by atoms with Crippen molar-refractivity contribution in [3.63, 3.8) is 0 Å². The molecular weight excluding hydrogens is 296 g/mol. The molecule has 2 amide bonds. The zero-order valence-electron chi connectivity index (χ0n) is 13.3. The molecule has 0 aliphatic heterocycles. The maximum atomic E-state index is 11.9. The van der Waals surface area contributed by atoms with Crippen LogP contribution in [0, 0.1) is 0 Å². The highest BCUT2D eigenvalue weighted by molar-refractivity contribution is 8.00. The molecule has 1 atom stereocenters. The molecule has 5 heteroatoms. The summed E-state index contributed by atoms with van der Waals surface area (Å²) >= 11 is 1.52. The summed E-state index contributed by atoms with van der Waals surface area (Å²) in [6, 6.07) is 5.96. The highest BCUT2D eigenvalue weighted by Gasteiger charge is 2.15. The molecule has 0 radical (unpaired) electrons. The van der Waals surface area contributed by atoms with Gasteiger partial charge in [-0.3, -0.25) is 9.59 Å². The van der Waals surface area contributed by atoms with Crippen LogP contribution >= 0.6 is 11.8 Å². The van der Waals surface area contributed by atoms with Crippen LogP contribution < -0.4 is 10.6 Å². The van der Waals surface area contributed by atoms with Crippen molar-refractivity contribution in [2.24, 2.45) is 0 Å². The standard InChI is InChI=1S/C17H24N2O2S/c1-3-9-18-17(21)12(2)19-16(20)11-22-15-8-7-13-5-4-6-14(13)10-15/h7-8,10,12H,3-6,9,11H2,1-2H3,(H,18,21)(H,19,20)/t12-/m0/s1. The van der Waals surface area contributed by atoms with Crippen LogP contribution in [0.4, 0.5) is 0 Å². The Hall–Kier alpha value is -1.49. The Balaban J connectivity index is 1.76. The minimum atomic E-state index is -0.486. The number of thioether (sulfide) groups is 1. The second kappa shape index (κ2) is 8.22. The van der Waals surface area contributed by atoms with E-state index >= 15 is 0 Å². The Morgan fingerprint density at radius 2 is 2.05 bits per heavy atom. The van der Waals surface area contributed by atoms with E-state index in [4.69, 9.17) is 0 Å². The zero-order valence-corrected chi connectivity index (χ0v) is 14.1. The summed E-state index contributed by atoms with van der Waals surface area (Å²) < 4.78 is 0. The van der Waals surface area contributed by atoms with Crippen LogP contribution in [0.5, 0.6) is 0 Å². The van der Waals surface area contributed by atoms with E-state index in [9.17, 15) is 9.59 Å². The first-order valence-corrected chi connectivity index (χ1v) is 8.90. The minimum Gasteiger partial charge on any atom is -0.354 e. The van der Waals surface area contributed by atoms with Crippen LogP contribution in [0.3, 0.4) is 0 Å². The van der Waals surface area contributed by atoms with Crippen molar-refractivity contribution in [1.82, 2.24) is 10.6 Å². The van der Waals surface area contributed by atoms with E-state index in [1.165, 1.54) is 35.7 Å². The molecule has 0 heterocycles. The number of benzene rings is 1. The Morgan fingerprint density at radius 3 is 2.82 bits per heavy atom. The van der Waals surface area contributed by atoms with Gasteiger partial charge in [0.25, 0.3) is 0 Å². The number of hydrogen-bond donors (Lipinski definition) is 2. The lowest BCUT2D eigenvalue weighted by atomic mass is 10.1. The Morgan fingerprint density at radius 1 is 1.27 bits per heavy atom. The molecule has 1 aliphatic rings. The fourth-order valence-electron chi connectivity index (χ4n) is 2.54. The number of carbonyl (C=O) groups is 2. The molecule has 22 heavy (non-hydrogen) atoms. The molecule has 1 aromatic carbocycles. The largest absolute Gasteiger partial charge is 0.354 e. The molecule has 0 unspecified atom stereocenters. The lowest BCUT2D eigenvalue weighted by Crippen LogP contribution is -2.45. The first-order valence-electron chi connectivity index (χ1n) is 7.92. The third-order valence-corrected chi connectivity index (χ3v) is 4.75. The summed E-state index contributed by atoms with van der Waals surface area (Å²) in [6.45, 7) is 4.35. The number of rotatable bonds is 7. The first-order chi connectivity index (χ1) is 10.6. The van der Waals surface area contributed by atoms with Gasteiger partial charge in [0, 0.05) is 11.4 Å². The summed E-state index contributed by atoms with van der Waals surface area (Å²) in [5.41, 5.74) is 2.85. The van der Waals surface area contributed by atoms with E-state index in [0.29, 0.717) is 12.3 Å². The van der Waals surface area contributed by atoms with Gasteiger partial charge in [-0.05, 0) is 55.9 Å². The zero-order chi connectivity index (χ0) is 15.9. The van der Waals surface area contributed by atoms with E-state index in [0.717, 1.165) is 17.7 Å². The maximum absolute atomic E-state index is 11.9. The summed E-state index contributed by atoms with van der Waals surface area (Å²) in [5.74, 6) is 0.104. The van der Waals surface area contributed by atoms with Gasteiger partial charge in [-0.1, -0.05) is 13.0 Å². The van der Waals surface area contributed by atoms with Crippen LogP contribution in [0.2, 0.25) is 0 Å². The van der Waals surface area contributed by atoms with Crippen molar-refractivity contribution in [2.45, 2.75) is 50.5 Å². The summed E-state index contributed by atoms with van der Waals surface area (Å²) in [4.78, 5) is 24.8. The predicted molar refractivity (Wildman–Crippen MR) is 90.1 cm³/mol. The van der Waals surface area contributed by atoms with Crippen molar-refractivity contribution in [2.75, 3.05) is 12.3 Å².